The van der Waals surface area contributed by atoms with Crippen molar-refractivity contribution in [1.82, 2.24) is 4.90 Å². The van der Waals surface area contributed by atoms with Crippen LogP contribution in [0.15, 0.2) is 24.3 Å². The molecule has 2 aliphatic rings. The molecule has 1 heterocycles. The summed E-state index contributed by atoms with van der Waals surface area (Å²) in [4.78, 5) is 14.3. The van der Waals surface area contributed by atoms with Gasteiger partial charge in [-0.3, -0.25) is 4.79 Å². The zero-order valence-electron chi connectivity index (χ0n) is 10.6. The van der Waals surface area contributed by atoms with Crippen LogP contribution in [0.5, 0.6) is 5.75 Å². The summed E-state index contributed by atoms with van der Waals surface area (Å²) in [6.07, 6.45) is 6.04. The number of rotatable bonds is 3. The first-order valence-corrected chi connectivity index (χ1v) is 6.89. The van der Waals surface area contributed by atoms with Gasteiger partial charge in [-0.15, -0.1) is 0 Å². The number of carbonyl (C=O) groups excluding carboxylic acids is 1. The van der Waals surface area contributed by atoms with Crippen molar-refractivity contribution in [1.29, 1.82) is 0 Å². The topological polar surface area (TPSA) is 29.5 Å². The number of hydrogen-bond acceptors (Lipinski definition) is 2. The molecule has 1 aromatic carbocycles. The van der Waals surface area contributed by atoms with Gasteiger partial charge in [0.2, 0.25) is 0 Å². The molecule has 0 spiro atoms. The second-order valence-electron chi connectivity index (χ2n) is 5.17. The lowest BCUT2D eigenvalue weighted by Crippen LogP contribution is -2.30. The third-order valence-electron chi connectivity index (χ3n) is 3.86. The molecular weight excluding hydrogens is 226 g/mol. The standard InChI is InChI=1S/C15H19NO2/c17-15(16-10-3-4-11-16)13-8-1-2-9-14(13)18-12-6-5-7-12/h1-2,8-9,12H,3-7,10-11H2. The Bertz CT molecular complexity index is 434. The van der Waals surface area contributed by atoms with Crippen LogP contribution in [0.4, 0.5) is 0 Å². The third-order valence-corrected chi connectivity index (χ3v) is 3.86. The fourth-order valence-electron chi connectivity index (χ4n) is 2.50. The van der Waals surface area contributed by atoms with E-state index in [9.17, 15) is 4.79 Å². The van der Waals surface area contributed by atoms with E-state index in [1.54, 1.807) is 0 Å². The van der Waals surface area contributed by atoms with Gasteiger partial charge in [0.15, 0.2) is 0 Å². The van der Waals surface area contributed by atoms with Crippen molar-refractivity contribution in [2.45, 2.75) is 38.2 Å². The number of hydrogen-bond donors (Lipinski definition) is 0. The lowest BCUT2D eigenvalue weighted by atomic mass is 9.96. The summed E-state index contributed by atoms with van der Waals surface area (Å²) in [7, 11) is 0. The van der Waals surface area contributed by atoms with Crippen molar-refractivity contribution in [3.63, 3.8) is 0 Å². The first-order valence-electron chi connectivity index (χ1n) is 6.89. The number of amides is 1. The molecule has 0 N–H and O–H groups in total. The van der Waals surface area contributed by atoms with E-state index in [1.807, 2.05) is 29.2 Å². The summed E-state index contributed by atoms with van der Waals surface area (Å²) in [5, 5.41) is 0. The summed E-state index contributed by atoms with van der Waals surface area (Å²) in [5.74, 6) is 0.890. The highest BCUT2D eigenvalue weighted by Gasteiger charge is 2.25. The van der Waals surface area contributed by atoms with Crippen LogP contribution in [0.1, 0.15) is 42.5 Å². The highest BCUT2D eigenvalue weighted by atomic mass is 16.5. The molecule has 0 bridgehead atoms. The second kappa shape index (κ2) is 5.01. The predicted molar refractivity (Wildman–Crippen MR) is 69.8 cm³/mol. The Morgan fingerprint density at radius 2 is 1.83 bits per heavy atom. The molecule has 1 amide bonds. The van der Waals surface area contributed by atoms with Crippen molar-refractivity contribution in [3.05, 3.63) is 29.8 Å². The zero-order valence-corrected chi connectivity index (χ0v) is 10.6. The van der Waals surface area contributed by atoms with Gasteiger partial charge in [0.05, 0.1) is 11.7 Å². The SMILES string of the molecule is O=C(c1ccccc1OC1CCC1)N1CCCC1. The average Bonchev–Trinajstić information content (AvgIpc) is 2.87. The molecule has 1 aromatic rings. The Balaban J connectivity index is 1.78. The van der Waals surface area contributed by atoms with Gasteiger partial charge in [0, 0.05) is 13.1 Å². The summed E-state index contributed by atoms with van der Waals surface area (Å²) in [6.45, 7) is 1.77. The van der Waals surface area contributed by atoms with Gasteiger partial charge in [0.1, 0.15) is 5.75 Å². The number of para-hydroxylation sites is 1. The lowest BCUT2D eigenvalue weighted by Gasteiger charge is -2.28. The minimum atomic E-state index is 0.127. The molecule has 18 heavy (non-hydrogen) atoms. The van der Waals surface area contributed by atoms with Crippen molar-refractivity contribution >= 4 is 5.91 Å². The second-order valence-corrected chi connectivity index (χ2v) is 5.17. The fraction of sp³-hybridized carbons (Fsp3) is 0.533. The fourth-order valence-corrected chi connectivity index (χ4v) is 2.50. The Labute approximate surface area is 108 Å². The molecule has 1 saturated carbocycles. The molecular formula is C15H19NO2. The first kappa shape index (κ1) is 11.6. The molecule has 96 valence electrons. The Kier molecular flexibility index (Phi) is 3.22. The summed E-state index contributed by atoms with van der Waals surface area (Å²) in [6, 6.07) is 7.65. The first-order chi connectivity index (χ1) is 8.84. The largest absolute Gasteiger partial charge is 0.490 e. The quantitative estimate of drug-likeness (QED) is 0.819. The minimum Gasteiger partial charge on any atom is -0.490 e. The van der Waals surface area contributed by atoms with Crippen molar-refractivity contribution in [2.24, 2.45) is 0 Å². The van der Waals surface area contributed by atoms with Crippen LogP contribution in [0.2, 0.25) is 0 Å². The van der Waals surface area contributed by atoms with Crippen LogP contribution < -0.4 is 4.74 Å². The lowest BCUT2D eigenvalue weighted by molar-refractivity contribution is 0.0773. The smallest absolute Gasteiger partial charge is 0.257 e. The number of benzene rings is 1. The van der Waals surface area contributed by atoms with Gasteiger partial charge in [-0.25, -0.2) is 0 Å². The Morgan fingerprint density at radius 1 is 1.11 bits per heavy atom. The summed E-state index contributed by atoms with van der Waals surface area (Å²) < 4.78 is 5.91. The molecule has 0 aromatic heterocycles. The molecule has 3 rings (SSSR count). The van der Waals surface area contributed by atoms with Crippen LogP contribution in [0.25, 0.3) is 0 Å². The highest BCUT2D eigenvalue weighted by Crippen LogP contribution is 2.28. The molecule has 2 fully saturated rings. The van der Waals surface area contributed by atoms with E-state index in [4.69, 9.17) is 4.74 Å². The van der Waals surface area contributed by atoms with Crippen LogP contribution >= 0.6 is 0 Å². The van der Waals surface area contributed by atoms with Gasteiger partial charge in [-0.1, -0.05) is 12.1 Å². The zero-order chi connectivity index (χ0) is 12.4. The molecule has 0 radical (unpaired) electrons. The number of carbonyl (C=O) groups is 1. The van der Waals surface area contributed by atoms with Gasteiger partial charge in [0.25, 0.3) is 5.91 Å². The van der Waals surface area contributed by atoms with Crippen molar-refractivity contribution in [2.75, 3.05) is 13.1 Å². The van der Waals surface area contributed by atoms with Crippen LogP contribution in [0, 0.1) is 0 Å². The van der Waals surface area contributed by atoms with Crippen LogP contribution in [-0.4, -0.2) is 30.0 Å². The van der Waals surface area contributed by atoms with Gasteiger partial charge >= 0.3 is 0 Å². The Morgan fingerprint density at radius 3 is 2.50 bits per heavy atom. The minimum absolute atomic E-state index is 0.127. The van der Waals surface area contributed by atoms with E-state index in [-0.39, 0.29) is 5.91 Å². The third kappa shape index (κ3) is 2.22. The van der Waals surface area contributed by atoms with Crippen molar-refractivity contribution in [3.8, 4) is 5.75 Å². The molecule has 1 saturated heterocycles. The van der Waals surface area contributed by atoms with E-state index < -0.39 is 0 Å². The van der Waals surface area contributed by atoms with Crippen LogP contribution in [-0.2, 0) is 0 Å². The van der Waals surface area contributed by atoms with Gasteiger partial charge < -0.3 is 9.64 Å². The van der Waals surface area contributed by atoms with Gasteiger partial charge in [-0.2, -0.15) is 0 Å². The monoisotopic (exact) mass is 245 g/mol. The van der Waals surface area contributed by atoms with E-state index in [0.717, 1.165) is 50.1 Å². The normalized spacial score (nSPS) is 19.7. The Hall–Kier alpha value is -1.51. The van der Waals surface area contributed by atoms with Crippen molar-refractivity contribution < 1.29 is 9.53 Å². The van der Waals surface area contributed by atoms with E-state index in [2.05, 4.69) is 0 Å². The number of ether oxygens (including phenoxy) is 1. The van der Waals surface area contributed by atoms with E-state index >= 15 is 0 Å². The molecule has 0 unspecified atom stereocenters. The summed E-state index contributed by atoms with van der Waals surface area (Å²) >= 11 is 0. The summed E-state index contributed by atoms with van der Waals surface area (Å²) in [5.41, 5.74) is 0.728. The molecule has 1 aliphatic heterocycles. The maximum atomic E-state index is 12.4. The maximum absolute atomic E-state index is 12.4. The average molecular weight is 245 g/mol. The molecule has 0 atom stereocenters. The molecule has 1 aliphatic carbocycles. The predicted octanol–water partition coefficient (Wildman–Crippen LogP) is 2.85. The molecule has 3 heteroatoms. The highest BCUT2D eigenvalue weighted by molar-refractivity contribution is 5.97. The van der Waals surface area contributed by atoms with E-state index in [0.29, 0.717) is 6.10 Å². The van der Waals surface area contributed by atoms with Crippen LogP contribution in [0.3, 0.4) is 0 Å². The molecule has 3 nitrogen and oxygen atoms in total. The van der Waals surface area contributed by atoms with Gasteiger partial charge in [-0.05, 0) is 44.2 Å². The maximum Gasteiger partial charge on any atom is 0.257 e. The number of likely N-dealkylation sites (tertiary alicyclic amines) is 1. The number of nitrogens with zero attached hydrogens (tertiary/aromatic N) is 1. The van der Waals surface area contributed by atoms with E-state index in [1.165, 1.54) is 6.42 Å².